The van der Waals surface area contributed by atoms with Gasteiger partial charge in [0, 0.05) is 26.2 Å². The molecule has 0 saturated carbocycles. The SMILES string of the molecule is CN(CC1CCCN1C)C(=O)NC1CCOC1. The molecule has 5 nitrogen and oxygen atoms in total. The van der Waals surface area contributed by atoms with Gasteiger partial charge in [0.2, 0.25) is 0 Å². The number of likely N-dealkylation sites (tertiary alicyclic amines) is 1. The minimum atomic E-state index is 0.0285. The number of rotatable bonds is 3. The van der Waals surface area contributed by atoms with Crippen molar-refractivity contribution in [1.29, 1.82) is 0 Å². The Labute approximate surface area is 103 Å². The third-order valence-electron chi connectivity index (χ3n) is 3.76. The average molecular weight is 241 g/mol. The van der Waals surface area contributed by atoms with Gasteiger partial charge in [-0.2, -0.15) is 0 Å². The summed E-state index contributed by atoms with van der Waals surface area (Å²) in [7, 11) is 4.01. The molecule has 2 amide bonds. The Morgan fingerprint density at radius 3 is 2.94 bits per heavy atom. The minimum Gasteiger partial charge on any atom is -0.379 e. The van der Waals surface area contributed by atoms with Gasteiger partial charge in [0.15, 0.2) is 0 Å². The normalized spacial score (nSPS) is 29.5. The average Bonchev–Trinajstić information content (AvgIpc) is 2.91. The number of carbonyl (C=O) groups is 1. The number of amides is 2. The predicted octanol–water partition coefficient (Wildman–Crippen LogP) is 0.511. The van der Waals surface area contributed by atoms with Gasteiger partial charge in [-0.25, -0.2) is 4.79 Å². The molecular formula is C12H23N3O2. The van der Waals surface area contributed by atoms with Gasteiger partial charge in [-0.1, -0.05) is 0 Å². The van der Waals surface area contributed by atoms with E-state index < -0.39 is 0 Å². The van der Waals surface area contributed by atoms with E-state index in [0.717, 1.165) is 26.1 Å². The molecule has 0 spiro atoms. The van der Waals surface area contributed by atoms with Crippen molar-refractivity contribution < 1.29 is 9.53 Å². The zero-order valence-corrected chi connectivity index (χ0v) is 10.8. The Morgan fingerprint density at radius 2 is 2.35 bits per heavy atom. The van der Waals surface area contributed by atoms with Gasteiger partial charge in [-0.05, 0) is 32.9 Å². The van der Waals surface area contributed by atoms with E-state index in [9.17, 15) is 4.79 Å². The van der Waals surface area contributed by atoms with E-state index in [2.05, 4.69) is 17.3 Å². The molecule has 0 radical (unpaired) electrons. The molecular weight excluding hydrogens is 218 g/mol. The van der Waals surface area contributed by atoms with Crippen LogP contribution in [-0.2, 0) is 4.74 Å². The van der Waals surface area contributed by atoms with Crippen LogP contribution in [0.3, 0.4) is 0 Å². The molecule has 0 aromatic rings. The Hall–Kier alpha value is -0.810. The number of likely N-dealkylation sites (N-methyl/N-ethyl adjacent to an activating group) is 2. The number of carbonyl (C=O) groups excluding carboxylic acids is 1. The van der Waals surface area contributed by atoms with E-state index in [1.165, 1.54) is 12.8 Å². The van der Waals surface area contributed by atoms with Crippen LogP contribution >= 0.6 is 0 Å². The highest BCUT2D eigenvalue weighted by atomic mass is 16.5. The first-order valence-electron chi connectivity index (χ1n) is 6.46. The number of hydrogen-bond donors (Lipinski definition) is 1. The number of ether oxygens (including phenoxy) is 1. The van der Waals surface area contributed by atoms with E-state index in [0.29, 0.717) is 12.6 Å². The second-order valence-corrected chi connectivity index (χ2v) is 5.17. The van der Waals surface area contributed by atoms with Crippen LogP contribution in [0.1, 0.15) is 19.3 Å². The second-order valence-electron chi connectivity index (χ2n) is 5.17. The van der Waals surface area contributed by atoms with Gasteiger partial charge in [0.05, 0.1) is 12.6 Å². The highest BCUT2D eigenvalue weighted by Crippen LogP contribution is 2.15. The molecule has 2 aliphatic rings. The molecule has 2 unspecified atom stereocenters. The van der Waals surface area contributed by atoms with Crippen molar-refractivity contribution >= 4 is 6.03 Å². The molecule has 1 N–H and O–H groups in total. The first-order chi connectivity index (χ1) is 8.16. The fourth-order valence-corrected chi connectivity index (χ4v) is 2.54. The summed E-state index contributed by atoms with van der Waals surface area (Å²) in [6.07, 6.45) is 3.37. The summed E-state index contributed by atoms with van der Waals surface area (Å²) in [5, 5.41) is 3.01. The monoisotopic (exact) mass is 241 g/mol. The van der Waals surface area contributed by atoms with E-state index in [-0.39, 0.29) is 12.1 Å². The zero-order valence-electron chi connectivity index (χ0n) is 10.8. The van der Waals surface area contributed by atoms with Crippen molar-refractivity contribution in [2.24, 2.45) is 0 Å². The van der Waals surface area contributed by atoms with Crippen molar-refractivity contribution in [3.8, 4) is 0 Å². The van der Waals surface area contributed by atoms with Crippen molar-refractivity contribution in [2.75, 3.05) is 40.4 Å². The van der Waals surface area contributed by atoms with Gasteiger partial charge in [0.1, 0.15) is 0 Å². The Bertz CT molecular complexity index is 266. The molecule has 2 saturated heterocycles. The first-order valence-corrected chi connectivity index (χ1v) is 6.46. The van der Waals surface area contributed by atoms with Crippen LogP contribution in [0.25, 0.3) is 0 Å². The molecule has 5 heteroatoms. The summed E-state index contributed by atoms with van der Waals surface area (Å²) in [6, 6.07) is 0.748. The van der Waals surface area contributed by atoms with Gasteiger partial charge < -0.3 is 19.9 Å². The number of nitrogens with one attached hydrogen (secondary N) is 1. The molecule has 2 fully saturated rings. The lowest BCUT2D eigenvalue weighted by atomic mass is 10.2. The lowest BCUT2D eigenvalue weighted by molar-refractivity contribution is 0.174. The highest BCUT2D eigenvalue weighted by molar-refractivity contribution is 5.74. The third-order valence-corrected chi connectivity index (χ3v) is 3.76. The molecule has 2 atom stereocenters. The van der Waals surface area contributed by atoms with E-state index >= 15 is 0 Å². The Balaban J connectivity index is 1.74. The number of urea groups is 1. The van der Waals surface area contributed by atoms with E-state index in [1.807, 2.05) is 7.05 Å². The van der Waals surface area contributed by atoms with Crippen molar-refractivity contribution in [2.45, 2.75) is 31.3 Å². The van der Waals surface area contributed by atoms with Crippen LogP contribution in [0.15, 0.2) is 0 Å². The lowest BCUT2D eigenvalue weighted by Crippen LogP contribution is -2.47. The Morgan fingerprint density at radius 1 is 1.53 bits per heavy atom. The fourth-order valence-electron chi connectivity index (χ4n) is 2.54. The second kappa shape index (κ2) is 5.69. The summed E-state index contributed by atoms with van der Waals surface area (Å²) in [6.45, 7) is 3.38. The van der Waals surface area contributed by atoms with Gasteiger partial charge in [0.25, 0.3) is 0 Å². The van der Waals surface area contributed by atoms with Crippen molar-refractivity contribution in [3.05, 3.63) is 0 Å². The summed E-state index contributed by atoms with van der Waals surface area (Å²) in [4.78, 5) is 16.1. The quantitative estimate of drug-likeness (QED) is 0.783. The zero-order chi connectivity index (χ0) is 12.3. The molecule has 0 bridgehead atoms. The van der Waals surface area contributed by atoms with Gasteiger partial charge in [-0.3, -0.25) is 0 Å². The number of nitrogens with zero attached hydrogens (tertiary/aromatic N) is 2. The van der Waals surface area contributed by atoms with Gasteiger partial charge >= 0.3 is 6.03 Å². The third kappa shape index (κ3) is 3.33. The smallest absolute Gasteiger partial charge is 0.317 e. The maximum absolute atomic E-state index is 11.9. The summed E-state index contributed by atoms with van der Waals surface area (Å²) >= 11 is 0. The molecule has 0 aromatic heterocycles. The van der Waals surface area contributed by atoms with Crippen LogP contribution in [-0.4, -0.2) is 68.3 Å². The highest BCUT2D eigenvalue weighted by Gasteiger charge is 2.25. The van der Waals surface area contributed by atoms with E-state index in [1.54, 1.807) is 4.90 Å². The van der Waals surface area contributed by atoms with Crippen LogP contribution in [0.2, 0.25) is 0 Å². The summed E-state index contributed by atoms with van der Waals surface area (Å²) < 4.78 is 5.25. The largest absolute Gasteiger partial charge is 0.379 e. The van der Waals surface area contributed by atoms with Crippen LogP contribution in [0.4, 0.5) is 4.79 Å². The minimum absolute atomic E-state index is 0.0285. The fraction of sp³-hybridized carbons (Fsp3) is 0.917. The summed E-state index contributed by atoms with van der Waals surface area (Å²) in [5.41, 5.74) is 0. The Kier molecular flexibility index (Phi) is 4.23. The predicted molar refractivity (Wildman–Crippen MR) is 66.0 cm³/mol. The summed E-state index contributed by atoms with van der Waals surface area (Å²) in [5.74, 6) is 0. The first kappa shape index (κ1) is 12.6. The van der Waals surface area contributed by atoms with Crippen LogP contribution in [0, 0.1) is 0 Å². The molecule has 17 heavy (non-hydrogen) atoms. The van der Waals surface area contributed by atoms with Gasteiger partial charge in [-0.15, -0.1) is 0 Å². The molecule has 2 rings (SSSR count). The molecule has 0 aliphatic carbocycles. The topological polar surface area (TPSA) is 44.8 Å². The standard InChI is InChI=1S/C12H23N3O2/c1-14-6-3-4-11(14)8-15(2)12(16)13-10-5-7-17-9-10/h10-11H,3-9H2,1-2H3,(H,13,16). The number of hydrogen-bond acceptors (Lipinski definition) is 3. The molecule has 2 heterocycles. The van der Waals surface area contributed by atoms with Crippen LogP contribution in [0.5, 0.6) is 0 Å². The van der Waals surface area contributed by atoms with Crippen molar-refractivity contribution in [1.82, 2.24) is 15.1 Å². The maximum atomic E-state index is 11.9. The van der Waals surface area contributed by atoms with Crippen LogP contribution < -0.4 is 5.32 Å². The van der Waals surface area contributed by atoms with Crippen molar-refractivity contribution in [3.63, 3.8) is 0 Å². The lowest BCUT2D eigenvalue weighted by Gasteiger charge is -2.26. The van der Waals surface area contributed by atoms with E-state index in [4.69, 9.17) is 4.74 Å². The maximum Gasteiger partial charge on any atom is 0.317 e. The molecule has 2 aliphatic heterocycles. The molecule has 98 valence electrons. The molecule has 0 aromatic carbocycles.